The quantitative estimate of drug-likeness (QED) is 0.793. The maximum Gasteiger partial charge on any atom is 0.0635 e. The molecule has 1 aliphatic heterocycles. The van der Waals surface area contributed by atoms with E-state index in [9.17, 15) is 0 Å². The maximum absolute atomic E-state index is 5.03. The molecule has 1 aromatic rings. The van der Waals surface area contributed by atoms with E-state index in [0.29, 0.717) is 0 Å². The summed E-state index contributed by atoms with van der Waals surface area (Å²) < 4.78 is 5.03. The minimum atomic E-state index is 0.737. The Bertz CT molecular complexity index is 358. The minimum Gasteiger partial charge on any atom is -0.383 e. The van der Waals surface area contributed by atoms with Crippen molar-refractivity contribution in [2.45, 2.75) is 6.92 Å². The van der Waals surface area contributed by atoms with Crippen molar-refractivity contribution >= 4 is 11.4 Å². The van der Waals surface area contributed by atoms with Crippen LogP contribution in [0.3, 0.4) is 0 Å². The first-order chi connectivity index (χ1) is 9.33. The Morgan fingerprint density at radius 3 is 2.37 bits per heavy atom. The van der Waals surface area contributed by atoms with E-state index >= 15 is 0 Å². The molecule has 1 heterocycles. The first-order valence-corrected chi connectivity index (χ1v) is 7.13. The highest BCUT2D eigenvalue weighted by atomic mass is 16.5. The molecule has 1 N–H and O–H groups in total. The Morgan fingerprint density at radius 1 is 1.11 bits per heavy atom. The van der Waals surface area contributed by atoms with Crippen molar-refractivity contribution < 1.29 is 4.74 Å². The topological polar surface area (TPSA) is 27.7 Å². The van der Waals surface area contributed by atoms with Gasteiger partial charge in [-0.25, -0.2) is 0 Å². The molecule has 19 heavy (non-hydrogen) atoms. The summed E-state index contributed by atoms with van der Waals surface area (Å²) in [5, 5.41) is 3.34. The number of benzene rings is 1. The lowest BCUT2D eigenvalue weighted by atomic mass is 10.2. The number of anilines is 2. The monoisotopic (exact) mass is 263 g/mol. The van der Waals surface area contributed by atoms with Crippen LogP contribution in [0, 0.1) is 0 Å². The molecule has 2 rings (SSSR count). The molecule has 4 heteroatoms. The third kappa shape index (κ3) is 4.11. The Labute approximate surface area is 116 Å². The lowest BCUT2D eigenvalue weighted by molar-refractivity contribution is 0.211. The van der Waals surface area contributed by atoms with Gasteiger partial charge in [-0.15, -0.1) is 0 Å². The molecule has 0 aromatic heterocycles. The molecule has 0 bridgehead atoms. The third-order valence-electron chi connectivity index (χ3n) is 3.69. The fourth-order valence-corrected chi connectivity index (χ4v) is 2.41. The highest BCUT2D eigenvalue weighted by Crippen LogP contribution is 2.19. The molecule has 1 fully saturated rings. The number of ether oxygens (including phenoxy) is 1. The van der Waals surface area contributed by atoms with Gasteiger partial charge in [0.25, 0.3) is 0 Å². The van der Waals surface area contributed by atoms with Crippen molar-refractivity contribution in [1.29, 1.82) is 0 Å². The van der Waals surface area contributed by atoms with Gasteiger partial charge in [0, 0.05) is 51.2 Å². The van der Waals surface area contributed by atoms with Crippen LogP contribution in [0.15, 0.2) is 24.3 Å². The standard InChI is InChI=1S/C15H25N3O/c1-3-17-9-11-18(12-10-17)15-6-4-14(5-7-15)16-8-13-19-2/h4-7,16H,3,8-13H2,1-2H3. The van der Waals surface area contributed by atoms with Crippen molar-refractivity contribution in [3.05, 3.63) is 24.3 Å². The van der Waals surface area contributed by atoms with Crippen molar-refractivity contribution in [3.8, 4) is 0 Å². The van der Waals surface area contributed by atoms with Crippen LogP contribution in [0.5, 0.6) is 0 Å². The predicted molar refractivity (Wildman–Crippen MR) is 81.1 cm³/mol. The molecular formula is C15H25N3O. The van der Waals surface area contributed by atoms with E-state index in [1.165, 1.54) is 18.8 Å². The molecule has 1 aromatic carbocycles. The first-order valence-electron chi connectivity index (χ1n) is 7.13. The summed E-state index contributed by atoms with van der Waals surface area (Å²) in [6.07, 6.45) is 0. The summed E-state index contributed by atoms with van der Waals surface area (Å²) in [5.74, 6) is 0. The summed E-state index contributed by atoms with van der Waals surface area (Å²) in [7, 11) is 1.72. The van der Waals surface area contributed by atoms with Crippen LogP contribution >= 0.6 is 0 Å². The Hall–Kier alpha value is -1.26. The van der Waals surface area contributed by atoms with Crippen LogP contribution in [-0.4, -0.2) is 57.9 Å². The number of hydrogen-bond donors (Lipinski definition) is 1. The van der Waals surface area contributed by atoms with Gasteiger partial charge in [0.05, 0.1) is 6.61 Å². The summed E-state index contributed by atoms with van der Waals surface area (Å²) >= 11 is 0. The van der Waals surface area contributed by atoms with Crippen molar-refractivity contribution in [3.63, 3.8) is 0 Å². The fraction of sp³-hybridized carbons (Fsp3) is 0.600. The largest absolute Gasteiger partial charge is 0.383 e. The number of hydrogen-bond acceptors (Lipinski definition) is 4. The summed E-state index contributed by atoms with van der Waals surface area (Å²) in [5.41, 5.74) is 2.49. The van der Waals surface area contributed by atoms with Gasteiger partial charge in [-0.1, -0.05) is 6.92 Å². The average molecular weight is 263 g/mol. The Balaban J connectivity index is 1.84. The zero-order valence-electron chi connectivity index (χ0n) is 12.1. The molecule has 0 radical (unpaired) electrons. The molecule has 0 atom stereocenters. The van der Waals surface area contributed by atoms with Gasteiger partial charge in [0.2, 0.25) is 0 Å². The van der Waals surface area contributed by atoms with E-state index < -0.39 is 0 Å². The summed E-state index contributed by atoms with van der Waals surface area (Å²) in [4.78, 5) is 4.96. The molecule has 4 nitrogen and oxygen atoms in total. The van der Waals surface area contributed by atoms with Gasteiger partial charge in [0.15, 0.2) is 0 Å². The average Bonchev–Trinajstić information content (AvgIpc) is 2.48. The third-order valence-corrected chi connectivity index (χ3v) is 3.69. The highest BCUT2D eigenvalue weighted by Gasteiger charge is 2.15. The maximum atomic E-state index is 5.03. The van der Waals surface area contributed by atoms with Gasteiger partial charge in [0.1, 0.15) is 0 Å². The van der Waals surface area contributed by atoms with E-state index in [-0.39, 0.29) is 0 Å². The predicted octanol–water partition coefficient (Wildman–Crippen LogP) is 1.89. The summed E-state index contributed by atoms with van der Waals surface area (Å²) in [6, 6.07) is 8.71. The van der Waals surface area contributed by atoms with Gasteiger partial charge < -0.3 is 19.9 Å². The van der Waals surface area contributed by atoms with Crippen LogP contribution in [0.1, 0.15) is 6.92 Å². The van der Waals surface area contributed by atoms with E-state index in [1.807, 2.05) is 0 Å². The van der Waals surface area contributed by atoms with Gasteiger partial charge >= 0.3 is 0 Å². The molecule has 0 unspecified atom stereocenters. The smallest absolute Gasteiger partial charge is 0.0635 e. The number of likely N-dealkylation sites (N-methyl/N-ethyl adjacent to an activating group) is 1. The van der Waals surface area contributed by atoms with Crippen LogP contribution in [0.4, 0.5) is 11.4 Å². The minimum absolute atomic E-state index is 0.737. The molecule has 1 aliphatic rings. The number of nitrogens with one attached hydrogen (secondary N) is 1. The SMILES string of the molecule is CCN1CCN(c2ccc(NCCOC)cc2)CC1. The molecular weight excluding hydrogens is 238 g/mol. The zero-order valence-corrected chi connectivity index (χ0v) is 12.1. The second-order valence-electron chi connectivity index (χ2n) is 4.89. The normalized spacial score (nSPS) is 16.6. The van der Waals surface area contributed by atoms with Gasteiger partial charge in [-0.05, 0) is 30.8 Å². The number of methoxy groups -OCH3 is 1. The van der Waals surface area contributed by atoms with E-state index in [4.69, 9.17) is 4.74 Å². The van der Waals surface area contributed by atoms with Crippen molar-refractivity contribution in [2.75, 3.05) is 63.2 Å². The second-order valence-corrected chi connectivity index (χ2v) is 4.89. The molecule has 0 aliphatic carbocycles. The molecule has 0 spiro atoms. The lowest BCUT2D eigenvalue weighted by Gasteiger charge is -2.35. The number of nitrogens with zero attached hydrogens (tertiary/aromatic N) is 2. The van der Waals surface area contributed by atoms with Crippen LogP contribution in [-0.2, 0) is 4.74 Å². The van der Waals surface area contributed by atoms with E-state index in [2.05, 4.69) is 46.3 Å². The van der Waals surface area contributed by atoms with Crippen molar-refractivity contribution in [1.82, 2.24) is 4.90 Å². The Morgan fingerprint density at radius 2 is 1.79 bits per heavy atom. The summed E-state index contributed by atoms with van der Waals surface area (Å²) in [6.45, 7) is 9.58. The molecule has 0 amide bonds. The van der Waals surface area contributed by atoms with Crippen LogP contribution in [0.2, 0.25) is 0 Å². The molecule has 0 saturated carbocycles. The molecule has 106 valence electrons. The van der Waals surface area contributed by atoms with Crippen LogP contribution < -0.4 is 10.2 Å². The highest BCUT2D eigenvalue weighted by molar-refractivity contribution is 5.55. The Kier molecular flexibility index (Phi) is 5.48. The van der Waals surface area contributed by atoms with Crippen molar-refractivity contribution in [2.24, 2.45) is 0 Å². The van der Waals surface area contributed by atoms with Crippen LogP contribution in [0.25, 0.3) is 0 Å². The number of rotatable bonds is 6. The van der Waals surface area contributed by atoms with E-state index in [0.717, 1.165) is 38.5 Å². The fourth-order valence-electron chi connectivity index (χ4n) is 2.41. The lowest BCUT2D eigenvalue weighted by Crippen LogP contribution is -2.46. The first kappa shape index (κ1) is 14.2. The van der Waals surface area contributed by atoms with Gasteiger partial charge in [-0.3, -0.25) is 0 Å². The molecule has 1 saturated heterocycles. The van der Waals surface area contributed by atoms with E-state index in [1.54, 1.807) is 7.11 Å². The zero-order chi connectivity index (χ0) is 13.5. The number of piperazine rings is 1. The second kappa shape index (κ2) is 7.36. The van der Waals surface area contributed by atoms with Gasteiger partial charge in [-0.2, -0.15) is 0 Å².